The maximum absolute atomic E-state index is 8.83. The van der Waals surface area contributed by atoms with Crippen LogP contribution in [0.15, 0.2) is 24.4 Å². The average Bonchev–Trinajstić information content (AvgIpc) is 2.43. The van der Waals surface area contributed by atoms with Crippen LogP contribution in [0.3, 0.4) is 0 Å². The van der Waals surface area contributed by atoms with E-state index >= 15 is 0 Å². The largest absolute Gasteiger partial charge is 0.495 e. The second kappa shape index (κ2) is 5.42. The molecule has 7 heteroatoms. The lowest BCUT2D eigenvalue weighted by molar-refractivity contribution is 0.416. The van der Waals surface area contributed by atoms with Gasteiger partial charge in [-0.1, -0.05) is 0 Å². The highest BCUT2D eigenvalue weighted by Gasteiger charge is 2.08. The van der Waals surface area contributed by atoms with Crippen LogP contribution in [-0.4, -0.2) is 17.1 Å². The monoisotopic (exact) mass is 275 g/mol. The lowest BCUT2D eigenvalue weighted by atomic mass is 10.2. The molecule has 1 aromatic heterocycles. The molecule has 0 radical (unpaired) electrons. The molecule has 3 N–H and O–H groups in total. The molecule has 96 valence electrons. The molecule has 0 amide bonds. The van der Waals surface area contributed by atoms with E-state index in [1.165, 1.54) is 13.3 Å². The minimum atomic E-state index is 0.0873. The van der Waals surface area contributed by atoms with Crippen molar-refractivity contribution in [2.24, 2.45) is 0 Å². The Morgan fingerprint density at radius 1 is 1.47 bits per heavy atom. The smallest absolute Gasteiger partial charge is 0.224 e. The number of nitriles is 1. The topological polar surface area (TPSA) is 96.8 Å². The Hall–Kier alpha value is -2.52. The number of nitrogens with one attached hydrogen (secondary N) is 1. The van der Waals surface area contributed by atoms with Crippen molar-refractivity contribution in [1.82, 2.24) is 9.97 Å². The molecule has 0 aliphatic rings. The highest BCUT2D eigenvalue weighted by atomic mass is 35.5. The molecule has 0 unspecified atom stereocenters. The predicted molar refractivity (Wildman–Crippen MR) is 72.4 cm³/mol. The molecular formula is C12H10ClN5O. The molecule has 0 spiro atoms. The van der Waals surface area contributed by atoms with Crippen molar-refractivity contribution in [2.75, 3.05) is 18.2 Å². The Morgan fingerprint density at radius 3 is 2.95 bits per heavy atom. The SMILES string of the molecule is COc1cc(C#N)ccc1Nc1nc(Cl)ncc1N. The first-order chi connectivity index (χ1) is 9.13. The van der Waals surface area contributed by atoms with Gasteiger partial charge in [0.1, 0.15) is 5.75 Å². The first kappa shape index (κ1) is 12.9. The molecule has 0 fully saturated rings. The summed E-state index contributed by atoms with van der Waals surface area (Å²) >= 11 is 5.71. The first-order valence-corrected chi connectivity index (χ1v) is 5.65. The third-order valence-corrected chi connectivity index (χ3v) is 2.55. The molecule has 6 nitrogen and oxygen atoms in total. The zero-order valence-corrected chi connectivity index (χ0v) is 10.8. The Morgan fingerprint density at radius 2 is 2.26 bits per heavy atom. The van der Waals surface area contributed by atoms with Crippen LogP contribution in [0.1, 0.15) is 5.56 Å². The number of aromatic nitrogens is 2. The second-order valence-electron chi connectivity index (χ2n) is 3.59. The summed E-state index contributed by atoms with van der Waals surface area (Å²) in [4.78, 5) is 7.75. The Kier molecular flexibility index (Phi) is 3.68. The summed E-state index contributed by atoms with van der Waals surface area (Å²) < 4.78 is 5.20. The van der Waals surface area contributed by atoms with E-state index in [1.54, 1.807) is 18.2 Å². The molecule has 19 heavy (non-hydrogen) atoms. The van der Waals surface area contributed by atoms with Crippen LogP contribution in [0.4, 0.5) is 17.2 Å². The number of anilines is 3. The summed E-state index contributed by atoms with van der Waals surface area (Å²) in [6.07, 6.45) is 1.41. The third kappa shape index (κ3) is 2.84. The van der Waals surface area contributed by atoms with E-state index in [0.29, 0.717) is 28.5 Å². The van der Waals surface area contributed by atoms with E-state index < -0.39 is 0 Å². The maximum Gasteiger partial charge on any atom is 0.224 e. The predicted octanol–water partition coefficient (Wildman–Crippen LogP) is 2.34. The summed E-state index contributed by atoms with van der Waals surface area (Å²) in [6, 6.07) is 7.00. The molecule has 0 aliphatic heterocycles. The van der Waals surface area contributed by atoms with Crippen molar-refractivity contribution in [1.29, 1.82) is 5.26 Å². The van der Waals surface area contributed by atoms with Crippen molar-refractivity contribution in [3.8, 4) is 11.8 Å². The van der Waals surface area contributed by atoms with Gasteiger partial charge in [0, 0.05) is 6.07 Å². The molecule has 1 aromatic carbocycles. The van der Waals surface area contributed by atoms with Gasteiger partial charge in [0.15, 0.2) is 5.82 Å². The summed E-state index contributed by atoms with van der Waals surface area (Å²) in [7, 11) is 1.51. The van der Waals surface area contributed by atoms with E-state index in [0.717, 1.165) is 0 Å². The summed E-state index contributed by atoms with van der Waals surface area (Å²) in [6.45, 7) is 0. The molecule has 0 saturated carbocycles. The van der Waals surface area contributed by atoms with E-state index in [-0.39, 0.29) is 5.28 Å². The van der Waals surface area contributed by atoms with Gasteiger partial charge in [-0.2, -0.15) is 10.2 Å². The molecule has 2 rings (SSSR count). The van der Waals surface area contributed by atoms with Crippen LogP contribution in [0.25, 0.3) is 0 Å². The Bertz CT molecular complexity index is 653. The van der Waals surface area contributed by atoms with E-state index in [1.807, 2.05) is 6.07 Å². The summed E-state index contributed by atoms with van der Waals surface area (Å²) in [5, 5.41) is 11.9. The van der Waals surface area contributed by atoms with Crippen molar-refractivity contribution in [2.45, 2.75) is 0 Å². The lowest BCUT2D eigenvalue weighted by Crippen LogP contribution is -2.02. The normalized spacial score (nSPS) is 9.74. The van der Waals surface area contributed by atoms with E-state index in [4.69, 9.17) is 27.3 Å². The van der Waals surface area contributed by atoms with Crippen LogP contribution in [-0.2, 0) is 0 Å². The van der Waals surface area contributed by atoms with Crippen molar-refractivity contribution >= 4 is 28.8 Å². The molecule has 2 aromatic rings. The fraction of sp³-hybridized carbons (Fsp3) is 0.0833. The number of nitrogens with zero attached hydrogens (tertiary/aromatic N) is 3. The number of ether oxygens (including phenoxy) is 1. The summed E-state index contributed by atoms with van der Waals surface area (Å²) in [5.74, 6) is 0.885. The molecule has 0 atom stereocenters. The third-order valence-electron chi connectivity index (χ3n) is 2.37. The number of benzene rings is 1. The second-order valence-corrected chi connectivity index (χ2v) is 3.93. The van der Waals surface area contributed by atoms with Gasteiger partial charge in [0.05, 0.1) is 36.3 Å². The standard InChI is InChI=1S/C12H10ClN5O/c1-19-10-4-7(5-14)2-3-9(10)17-11-8(15)6-16-12(13)18-11/h2-4,6H,15H2,1H3,(H,16,17,18). The van der Waals surface area contributed by atoms with Gasteiger partial charge in [-0.05, 0) is 23.7 Å². The number of methoxy groups -OCH3 is 1. The minimum absolute atomic E-state index is 0.0873. The molecule has 0 aliphatic carbocycles. The van der Waals surface area contributed by atoms with Gasteiger partial charge in [-0.25, -0.2) is 4.98 Å². The number of hydrogen-bond donors (Lipinski definition) is 2. The number of nitrogen functional groups attached to an aromatic ring is 1. The van der Waals surface area contributed by atoms with Gasteiger partial charge >= 0.3 is 0 Å². The van der Waals surface area contributed by atoms with Crippen molar-refractivity contribution in [3.63, 3.8) is 0 Å². The van der Waals surface area contributed by atoms with Crippen molar-refractivity contribution in [3.05, 3.63) is 35.2 Å². The van der Waals surface area contributed by atoms with Crippen LogP contribution in [0.2, 0.25) is 5.28 Å². The lowest BCUT2D eigenvalue weighted by Gasteiger charge is -2.12. The quantitative estimate of drug-likeness (QED) is 0.835. The van der Waals surface area contributed by atoms with Crippen molar-refractivity contribution < 1.29 is 4.74 Å². The number of halogens is 1. The fourth-order valence-electron chi connectivity index (χ4n) is 1.46. The fourth-order valence-corrected chi connectivity index (χ4v) is 1.59. The highest BCUT2D eigenvalue weighted by molar-refractivity contribution is 6.28. The number of nitrogens with two attached hydrogens (primary N) is 1. The van der Waals surface area contributed by atoms with Crippen LogP contribution >= 0.6 is 11.6 Å². The van der Waals surface area contributed by atoms with Crippen LogP contribution in [0, 0.1) is 11.3 Å². The zero-order valence-electron chi connectivity index (χ0n) is 10.0. The summed E-state index contributed by atoms with van der Waals surface area (Å²) in [5.41, 5.74) is 7.23. The minimum Gasteiger partial charge on any atom is -0.495 e. The Balaban J connectivity index is 2.38. The molecule has 0 saturated heterocycles. The van der Waals surface area contributed by atoms with Crippen LogP contribution < -0.4 is 15.8 Å². The zero-order chi connectivity index (χ0) is 13.8. The molecular weight excluding hydrogens is 266 g/mol. The molecule has 1 heterocycles. The first-order valence-electron chi connectivity index (χ1n) is 5.27. The number of rotatable bonds is 3. The van der Waals surface area contributed by atoms with Gasteiger partial charge in [0.25, 0.3) is 0 Å². The average molecular weight is 276 g/mol. The maximum atomic E-state index is 8.83. The van der Waals surface area contributed by atoms with Gasteiger partial charge in [-0.3, -0.25) is 0 Å². The van der Waals surface area contributed by atoms with E-state index in [9.17, 15) is 0 Å². The highest BCUT2D eigenvalue weighted by Crippen LogP contribution is 2.30. The van der Waals surface area contributed by atoms with E-state index in [2.05, 4.69) is 15.3 Å². The van der Waals surface area contributed by atoms with Gasteiger partial charge < -0.3 is 15.8 Å². The van der Waals surface area contributed by atoms with Gasteiger partial charge in [0.2, 0.25) is 5.28 Å². The molecule has 0 bridgehead atoms. The Labute approximate surface area is 114 Å². The van der Waals surface area contributed by atoms with Crippen LogP contribution in [0.5, 0.6) is 5.75 Å². The number of hydrogen-bond acceptors (Lipinski definition) is 6. The van der Waals surface area contributed by atoms with Gasteiger partial charge in [-0.15, -0.1) is 0 Å².